The summed E-state index contributed by atoms with van der Waals surface area (Å²) in [5.74, 6) is -0.305. The fourth-order valence-electron chi connectivity index (χ4n) is 4.37. The summed E-state index contributed by atoms with van der Waals surface area (Å²) in [5, 5.41) is 4.82. The van der Waals surface area contributed by atoms with Crippen LogP contribution in [0.5, 0.6) is 0 Å². The quantitative estimate of drug-likeness (QED) is 0.413. The number of aromatic amines is 2. The Hall–Kier alpha value is -3.98. The molecule has 6 rings (SSSR count). The van der Waals surface area contributed by atoms with Gasteiger partial charge in [-0.3, -0.25) is 14.7 Å². The smallest absolute Gasteiger partial charge is 0.282 e. The molecular weight excluding hydrogens is 441 g/mol. The minimum Gasteiger partial charge on any atom is -0.361 e. The van der Waals surface area contributed by atoms with Crippen LogP contribution in [-0.4, -0.2) is 24.3 Å². The van der Waals surface area contributed by atoms with Crippen LogP contribution in [0.25, 0.3) is 37.2 Å². The molecule has 2 N–H and O–H groups in total. The number of aryl methyl sites for hydroxylation is 2. The van der Waals surface area contributed by atoms with Crippen LogP contribution in [0.4, 0.5) is 4.39 Å². The molecule has 0 aliphatic carbocycles. The highest BCUT2D eigenvalue weighted by atomic mass is 32.1. The van der Waals surface area contributed by atoms with Crippen LogP contribution in [-0.2, 0) is 13.0 Å². The van der Waals surface area contributed by atoms with Crippen LogP contribution in [0.15, 0.2) is 64.3 Å². The first-order valence-electron chi connectivity index (χ1n) is 10.5. The largest absolute Gasteiger partial charge is 0.361 e. The molecule has 0 aliphatic heterocycles. The second-order valence-electron chi connectivity index (χ2n) is 7.98. The highest BCUT2D eigenvalue weighted by molar-refractivity contribution is 7.20. The minimum absolute atomic E-state index is 0.205. The van der Waals surface area contributed by atoms with E-state index in [4.69, 9.17) is 0 Å². The molecule has 0 atom stereocenters. The molecule has 0 saturated heterocycles. The number of fused-ring (bicyclic) bond motifs is 3. The van der Waals surface area contributed by atoms with Gasteiger partial charge < -0.3 is 9.55 Å². The lowest BCUT2D eigenvalue weighted by atomic mass is 10.1. The summed E-state index contributed by atoms with van der Waals surface area (Å²) < 4.78 is 17.7. The topological polar surface area (TPSA) is 88.5 Å². The molecule has 0 fully saturated rings. The summed E-state index contributed by atoms with van der Waals surface area (Å²) in [6.07, 6.45) is 2.35. The number of hydrogen-bond donors (Lipinski definition) is 2. The number of thiazole rings is 1. The van der Waals surface area contributed by atoms with Crippen molar-refractivity contribution < 1.29 is 4.39 Å². The van der Waals surface area contributed by atoms with Gasteiger partial charge in [0.1, 0.15) is 5.82 Å². The van der Waals surface area contributed by atoms with Gasteiger partial charge in [0.2, 0.25) is 5.13 Å². The van der Waals surface area contributed by atoms with E-state index in [2.05, 4.69) is 15.1 Å². The van der Waals surface area contributed by atoms with Crippen LogP contribution in [0.2, 0.25) is 0 Å². The van der Waals surface area contributed by atoms with Crippen molar-refractivity contribution in [2.24, 2.45) is 0 Å². The summed E-state index contributed by atoms with van der Waals surface area (Å²) in [4.78, 5) is 33.8. The Morgan fingerprint density at radius 1 is 1.09 bits per heavy atom. The molecule has 4 aromatic heterocycles. The highest BCUT2D eigenvalue weighted by Crippen LogP contribution is 2.25. The first-order chi connectivity index (χ1) is 16.0. The van der Waals surface area contributed by atoms with Crippen LogP contribution in [0.1, 0.15) is 11.3 Å². The molecule has 7 nitrogen and oxygen atoms in total. The average Bonchev–Trinajstić information content (AvgIpc) is 3.48. The van der Waals surface area contributed by atoms with Crippen LogP contribution < -0.4 is 11.1 Å². The standard InChI is InChI=1S/C24H18FN5O2S/c1-13-22-19(28-30(23(22)32)24-27-18-4-2-3-5-20(18)33-24)11-21(31)29(13)9-8-14-12-26-17-7-6-15(25)10-16(14)17/h2-7,10-12,26,28H,8-9H2,1H3. The Balaban J connectivity index is 1.41. The molecule has 0 bridgehead atoms. The number of aromatic nitrogens is 5. The van der Waals surface area contributed by atoms with Crippen molar-refractivity contribution in [3.63, 3.8) is 0 Å². The Morgan fingerprint density at radius 3 is 2.79 bits per heavy atom. The molecule has 164 valence electrons. The maximum absolute atomic E-state index is 13.7. The summed E-state index contributed by atoms with van der Waals surface area (Å²) in [7, 11) is 0. The predicted molar refractivity (Wildman–Crippen MR) is 128 cm³/mol. The van der Waals surface area contributed by atoms with E-state index >= 15 is 0 Å². The normalized spacial score (nSPS) is 11.8. The van der Waals surface area contributed by atoms with E-state index in [1.807, 2.05) is 30.5 Å². The molecular formula is C24H18FN5O2S. The number of para-hydroxylation sites is 1. The molecule has 6 aromatic rings. The zero-order valence-electron chi connectivity index (χ0n) is 17.6. The summed E-state index contributed by atoms with van der Waals surface area (Å²) in [6, 6.07) is 13.7. The maximum Gasteiger partial charge on any atom is 0.282 e. The number of rotatable bonds is 4. The van der Waals surface area contributed by atoms with Gasteiger partial charge in [-0.25, -0.2) is 9.37 Å². The number of hydrogen-bond acceptors (Lipinski definition) is 4. The van der Waals surface area contributed by atoms with Gasteiger partial charge in [0.05, 0.1) is 21.1 Å². The monoisotopic (exact) mass is 459 g/mol. The third-order valence-corrected chi connectivity index (χ3v) is 7.05. The van der Waals surface area contributed by atoms with Gasteiger partial charge in [0, 0.05) is 35.4 Å². The molecule has 0 amide bonds. The van der Waals surface area contributed by atoms with Crippen LogP contribution in [0, 0.1) is 12.7 Å². The van der Waals surface area contributed by atoms with Gasteiger partial charge in [0.15, 0.2) is 0 Å². The number of nitrogens with one attached hydrogen (secondary N) is 2. The average molecular weight is 460 g/mol. The Kier molecular flexibility index (Phi) is 4.34. The first kappa shape index (κ1) is 19.7. The van der Waals surface area contributed by atoms with Crippen molar-refractivity contribution >= 4 is 43.4 Å². The molecule has 0 radical (unpaired) electrons. The molecule has 4 heterocycles. The number of pyridine rings is 1. The number of H-pyrrole nitrogens is 2. The van der Waals surface area contributed by atoms with Gasteiger partial charge in [0.25, 0.3) is 11.1 Å². The third kappa shape index (κ3) is 3.12. The van der Waals surface area contributed by atoms with E-state index in [0.717, 1.165) is 26.7 Å². The molecule has 0 unspecified atom stereocenters. The molecule has 0 aliphatic rings. The van der Waals surface area contributed by atoms with Crippen LogP contribution >= 0.6 is 11.3 Å². The Bertz CT molecular complexity index is 1770. The van der Waals surface area contributed by atoms with Gasteiger partial charge >= 0.3 is 0 Å². The second kappa shape index (κ2) is 7.28. The SMILES string of the molecule is Cc1c2c(=O)n(-c3nc4ccccc4s3)[nH]c2cc(=O)n1CCc1c[nH]c2ccc(F)cc12. The van der Waals surface area contributed by atoms with E-state index in [1.165, 1.54) is 34.2 Å². The summed E-state index contributed by atoms with van der Waals surface area (Å²) in [5.41, 5.74) is 3.19. The van der Waals surface area contributed by atoms with Crippen molar-refractivity contribution in [2.45, 2.75) is 19.9 Å². The lowest BCUT2D eigenvalue weighted by molar-refractivity contribution is 0.629. The number of nitrogens with zero attached hydrogens (tertiary/aromatic N) is 3. The fourth-order valence-corrected chi connectivity index (χ4v) is 5.29. The van der Waals surface area contributed by atoms with Crippen molar-refractivity contribution in [2.75, 3.05) is 0 Å². The van der Waals surface area contributed by atoms with Gasteiger partial charge in [-0.2, -0.15) is 4.68 Å². The number of halogens is 1. The third-order valence-electron chi connectivity index (χ3n) is 6.03. The van der Waals surface area contributed by atoms with Crippen molar-refractivity contribution in [3.05, 3.63) is 92.5 Å². The minimum atomic E-state index is -0.305. The zero-order chi connectivity index (χ0) is 22.7. The van der Waals surface area contributed by atoms with Crippen molar-refractivity contribution in [1.29, 1.82) is 0 Å². The molecule has 0 saturated carbocycles. The number of benzene rings is 2. The van der Waals surface area contributed by atoms with E-state index in [-0.39, 0.29) is 16.9 Å². The predicted octanol–water partition coefficient (Wildman–Crippen LogP) is 4.26. The van der Waals surface area contributed by atoms with E-state index in [9.17, 15) is 14.0 Å². The lowest BCUT2D eigenvalue weighted by Crippen LogP contribution is -2.24. The van der Waals surface area contributed by atoms with Crippen LogP contribution in [0.3, 0.4) is 0 Å². The highest BCUT2D eigenvalue weighted by Gasteiger charge is 2.17. The fraction of sp³-hybridized carbons (Fsp3) is 0.125. The van der Waals surface area contributed by atoms with Gasteiger partial charge in [-0.05, 0) is 49.2 Å². The van der Waals surface area contributed by atoms with E-state index in [0.29, 0.717) is 34.7 Å². The maximum atomic E-state index is 13.7. The van der Waals surface area contributed by atoms with Crippen molar-refractivity contribution in [1.82, 2.24) is 24.3 Å². The Labute approximate surface area is 189 Å². The summed E-state index contributed by atoms with van der Waals surface area (Å²) >= 11 is 1.41. The van der Waals surface area contributed by atoms with E-state index in [1.54, 1.807) is 17.6 Å². The summed E-state index contributed by atoms with van der Waals surface area (Å²) in [6.45, 7) is 2.15. The second-order valence-corrected chi connectivity index (χ2v) is 8.99. The lowest BCUT2D eigenvalue weighted by Gasteiger charge is -2.09. The molecule has 9 heteroatoms. The zero-order valence-corrected chi connectivity index (χ0v) is 18.4. The molecule has 2 aromatic carbocycles. The molecule has 0 spiro atoms. The van der Waals surface area contributed by atoms with Gasteiger partial charge in [-0.15, -0.1) is 0 Å². The molecule has 33 heavy (non-hydrogen) atoms. The Morgan fingerprint density at radius 2 is 1.94 bits per heavy atom. The first-order valence-corrected chi connectivity index (χ1v) is 11.3. The van der Waals surface area contributed by atoms with E-state index < -0.39 is 0 Å². The van der Waals surface area contributed by atoms with Gasteiger partial charge in [-0.1, -0.05) is 23.5 Å². The van der Waals surface area contributed by atoms with Crippen molar-refractivity contribution in [3.8, 4) is 5.13 Å².